The summed E-state index contributed by atoms with van der Waals surface area (Å²) in [5.74, 6) is -0.655. The third-order valence-electron chi connectivity index (χ3n) is 3.85. The largest absolute Gasteiger partial charge is 0.449 e. The highest BCUT2D eigenvalue weighted by atomic mass is 31.2. The molecule has 3 rings (SSSR count). The Morgan fingerprint density at radius 1 is 0.808 bits per heavy atom. The molecule has 3 aromatic rings. The summed E-state index contributed by atoms with van der Waals surface area (Å²) >= 11 is 0. The molecule has 0 aromatic heterocycles. The van der Waals surface area contributed by atoms with Gasteiger partial charge < -0.3 is 14.5 Å². The Bertz CT molecular complexity index is 895. The fourth-order valence-corrected chi connectivity index (χ4v) is 3.16. The van der Waals surface area contributed by atoms with E-state index in [1.54, 1.807) is 0 Å². The molecule has 0 spiro atoms. The molecule has 26 heavy (non-hydrogen) atoms. The Morgan fingerprint density at radius 2 is 1.35 bits per heavy atom. The van der Waals surface area contributed by atoms with E-state index in [1.165, 1.54) is 18.2 Å². The highest BCUT2D eigenvalue weighted by Gasteiger charge is 2.22. The SMILES string of the molecule is O=C(OC(c1ccccc1)c1ccccc1)c1cccc(P(=O)(O)O)c1. The molecule has 0 atom stereocenters. The van der Waals surface area contributed by atoms with Crippen LogP contribution >= 0.6 is 7.60 Å². The zero-order chi connectivity index (χ0) is 18.6. The molecule has 0 unspecified atom stereocenters. The van der Waals surface area contributed by atoms with Gasteiger partial charge in [0.2, 0.25) is 0 Å². The molecule has 0 saturated carbocycles. The number of hydrogen-bond acceptors (Lipinski definition) is 3. The van der Waals surface area contributed by atoms with Gasteiger partial charge in [-0.15, -0.1) is 0 Å². The Balaban J connectivity index is 1.93. The van der Waals surface area contributed by atoms with Crippen LogP contribution in [0.2, 0.25) is 0 Å². The predicted molar refractivity (Wildman–Crippen MR) is 98.3 cm³/mol. The summed E-state index contributed by atoms with van der Waals surface area (Å²) < 4.78 is 17.1. The van der Waals surface area contributed by atoms with Crippen molar-refractivity contribution in [1.82, 2.24) is 0 Å². The minimum absolute atomic E-state index is 0.0858. The van der Waals surface area contributed by atoms with Crippen LogP contribution in [0.1, 0.15) is 27.6 Å². The van der Waals surface area contributed by atoms with Crippen molar-refractivity contribution in [1.29, 1.82) is 0 Å². The van der Waals surface area contributed by atoms with Gasteiger partial charge in [-0.05, 0) is 29.3 Å². The second-order valence-electron chi connectivity index (χ2n) is 5.70. The highest BCUT2D eigenvalue weighted by Crippen LogP contribution is 2.33. The first-order chi connectivity index (χ1) is 12.4. The summed E-state index contributed by atoms with van der Waals surface area (Å²) in [7, 11) is -4.44. The first kappa shape index (κ1) is 18.1. The van der Waals surface area contributed by atoms with E-state index < -0.39 is 19.7 Å². The van der Waals surface area contributed by atoms with E-state index >= 15 is 0 Å². The molecule has 6 heteroatoms. The van der Waals surface area contributed by atoms with Crippen LogP contribution in [-0.4, -0.2) is 15.8 Å². The van der Waals surface area contributed by atoms with Gasteiger partial charge in [-0.3, -0.25) is 4.57 Å². The van der Waals surface area contributed by atoms with Crippen LogP contribution in [-0.2, 0) is 9.30 Å². The molecular formula is C20H17O5P. The van der Waals surface area contributed by atoms with Crippen LogP contribution in [0, 0.1) is 0 Å². The van der Waals surface area contributed by atoms with Gasteiger partial charge in [0, 0.05) is 0 Å². The molecule has 0 saturated heterocycles. The van der Waals surface area contributed by atoms with Crippen molar-refractivity contribution < 1.29 is 23.9 Å². The molecule has 132 valence electrons. The summed E-state index contributed by atoms with van der Waals surface area (Å²) in [6, 6.07) is 23.9. The monoisotopic (exact) mass is 368 g/mol. The second-order valence-corrected chi connectivity index (χ2v) is 7.31. The molecule has 0 fully saturated rings. The van der Waals surface area contributed by atoms with Gasteiger partial charge in [0.1, 0.15) is 0 Å². The first-order valence-corrected chi connectivity index (χ1v) is 9.53. The number of hydrogen-bond donors (Lipinski definition) is 2. The Morgan fingerprint density at radius 3 is 1.85 bits per heavy atom. The molecule has 2 N–H and O–H groups in total. The maximum Gasteiger partial charge on any atom is 0.356 e. The number of ether oxygens (including phenoxy) is 1. The lowest BCUT2D eigenvalue weighted by molar-refractivity contribution is 0.0378. The van der Waals surface area contributed by atoms with Crippen molar-refractivity contribution >= 4 is 18.9 Å². The van der Waals surface area contributed by atoms with Crippen molar-refractivity contribution in [2.24, 2.45) is 0 Å². The standard InChI is InChI=1S/C20H17O5P/c21-20(17-12-7-13-18(14-17)26(22,23)24)25-19(15-8-3-1-4-9-15)16-10-5-2-6-11-16/h1-14,19H,(H2,22,23,24). The van der Waals surface area contributed by atoms with Gasteiger partial charge in [-0.25, -0.2) is 4.79 Å². The molecule has 0 aliphatic carbocycles. The Hall–Kier alpha value is -2.72. The molecule has 0 aliphatic heterocycles. The smallest absolute Gasteiger partial charge is 0.356 e. The lowest BCUT2D eigenvalue weighted by atomic mass is 10.0. The van der Waals surface area contributed by atoms with E-state index in [4.69, 9.17) is 4.74 Å². The third kappa shape index (κ3) is 4.27. The van der Waals surface area contributed by atoms with Crippen LogP contribution in [0.3, 0.4) is 0 Å². The van der Waals surface area contributed by atoms with Gasteiger partial charge in [-0.1, -0.05) is 66.7 Å². The van der Waals surface area contributed by atoms with E-state index in [9.17, 15) is 19.1 Å². The van der Waals surface area contributed by atoms with Gasteiger partial charge in [0.15, 0.2) is 6.10 Å². The summed E-state index contributed by atoms with van der Waals surface area (Å²) in [6.07, 6.45) is -0.622. The molecule has 0 bridgehead atoms. The number of esters is 1. The van der Waals surface area contributed by atoms with Crippen LogP contribution in [0.4, 0.5) is 0 Å². The lowest BCUT2D eigenvalue weighted by Crippen LogP contribution is -2.15. The number of carbonyl (C=O) groups excluding carboxylic acids is 1. The maximum atomic E-state index is 12.6. The van der Waals surface area contributed by atoms with E-state index in [-0.39, 0.29) is 10.9 Å². The van der Waals surface area contributed by atoms with Crippen molar-refractivity contribution in [2.75, 3.05) is 0 Å². The average molecular weight is 368 g/mol. The quantitative estimate of drug-likeness (QED) is 0.532. The third-order valence-corrected chi connectivity index (χ3v) is 4.80. The number of carbonyl (C=O) groups is 1. The van der Waals surface area contributed by atoms with Crippen LogP contribution in [0.5, 0.6) is 0 Å². The zero-order valence-corrected chi connectivity index (χ0v) is 14.6. The molecule has 0 amide bonds. The minimum Gasteiger partial charge on any atom is -0.449 e. The lowest BCUT2D eigenvalue weighted by Gasteiger charge is -2.19. The number of rotatable bonds is 5. The second kappa shape index (κ2) is 7.67. The van der Waals surface area contributed by atoms with Crippen molar-refractivity contribution in [3.63, 3.8) is 0 Å². The fraction of sp³-hybridized carbons (Fsp3) is 0.0500. The van der Waals surface area contributed by atoms with Crippen LogP contribution in [0.25, 0.3) is 0 Å². The van der Waals surface area contributed by atoms with E-state index in [2.05, 4.69) is 0 Å². The normalized spacial score (nSPS) is 11.3. The Kier molecular flexibility index (Phi) is 5.33. The van der Waals surface area contributed by atoms with E-state index in [1.807, 2.05) is 60.7 Å². The molecular weight excluding hydrogens is 351 g/mol. The summed E-state index contributed by atoms with van der Waals surface area (Å²) in [6.45, 7) is 0. The van der Waals surface area contributed by atoms with Crippen molar-refractivity contribution in [3.05, 3.63) is 102 Å². The van der Waals surface area contributed by atoms with Crippen LogP contribution < -0.4 is 5.30 Å². The molecule has 3 aromatic carbocycles. The van der Waals surface area contributed by atoms with Crippen molar-refractivity contribution in [3.8, 4) is 0 Å². The van der Waals surface area contributed by atoms with Gasteiger partial charge >= 0.3 is 13.6 Å². The van der Waals surface area contributed by atoms with Gasteiger partial charge in [-0.2, -0.15) is 0 Å². The molecule has 0 radical (unpaired) electrons. The summed E-state index contributed by atoms with van der Waals surface area (Å²) in [4.78, 5) is 31.2. The molecule has 0 heterocycles. The van der Waals surface area contributed by atoms with E-state index in [0.717, 1.165) is 17.2 Å². The first-order valence-electron chi connectivity index (χ1n) is 7.92. The Labute approximate surface area is 151 Å². The summed E-state index contributed by atoms with van der Waals surface area (Å²) in [5, 5.41) is -0.220. The highest BCUT2D eigenvalue weighted by molar-refractivity contribution is 7.60. The topological polar surface area (TPSA) is 83.8 Å². The number of benzene rings is 3. The van der Waals surface area contributed by atoms with Crippen molar-refractivity contribution in [2.45, 2.75) is 6.10 Å². The maximum absolute atomic E-state index is 12.6. The molecule has 5 nitrogen and oxygen atoms in total. The summed E-state index contributed by atoms with van der Waals surface area (Å²) in [5.41, 5.74) is 1.69. The van der Waals surface area contributed by atoms with Gasteiger partial charge in [0.05, 0.1) is 10.9 Å². The van der Waals surface area contributed by atoms with Crippen LogP contribution in [0.15, 0.2) is 84.9 Å². The van der Waals surface area contributed by atoms with E-state index in [0.29, 0.717) is 0 Å². The zero-order valence-electron chi connectivity index (χ0n) is 13.7. The van der Waals surface area contributed by atoms with Gasteiger partial charge in [0.25, 0.3) is 0 Å². The fourth-order valence-electron chi connectivity index (χ4n) is 2.57. The minimum atomic E-state index is -4.44. The molecule has 0 aliphatic rings. The average Bonchev–Trinajstić information content (AvgIpc) is 2.67. The predicted octanol–water partition coefficient (Wildman–Crippen LogP) is 3.44.